The van der Waals surface area contributed by atoms with Gasteiger partial charge in [-0.25, -0.2) is 22.9 Å². The molecule has 1 aliphatic heterocycles. The van der Waals surface area contributed by atoms with Crippen LogP contribution in [-0.2, 0) is 14.8 Å². The van der Waals surface area contributed by atoms with E-state index in [2.05, 4.69) is 9.71 Å². The summed E-state index contributed by atoms with van der Waals surface area (Å²) < 4.78 is 26.8. The van der Waals surface area contributed by atoms with Crippen LogP contribution in [0.25, 0.3) is 0 Å². The van der Waals surface area contributed by atoms with Gasteiger partial charge in [0.2, 0.25) is 5.91 Å². The highest BCUT2D eigenvalue weighted by Gasteiger charge is 2.37. The molecule has 1 aliphatic rings. The molecule has 0 saturated carbocycles. The number of carboxylic acid groups (broad SMARTS) is 1. The average molecular weight is 414 g/mol. The van der Waals surface area contributed by atoms with Crippen LogP contribution in [0.5, 0.6) is 0 Å². The predicted molar refractivity (Wildman–Crippen MR) is 103 cm³/mol. The van der Waals surface area contributed by atoms with Crippen LogP contribution in [0.1, 0.15) is 27.2 Å². The number of amides is 1. The molecule has 2 heterocycles. The van der Waals surface area contributed by atoms with Gasteiger partial charge < -0.3 is 10.0 Å². The largest absolute Gasteiger partial charge is 0.478 e. The molecule has 150 valence electrons. The Kier molecular flexibility index (Phi) is 5.26. The number of pyridine rings is 1. The van der Waals surface area contributed by atoms with E-state index in [1.54, 1.807) is 24.0 Å². The molecule has 1 amide bonds. The molecule has 1 fully saturated rings. The summed E-state index contributed by atoms with van der Waals surface area (Å²) in [5.74, 6) is -2.14. The minimum atomic E-state index is -3.97. The second kappa shape index (κ2) is 7.52. The molecule has 1 aromatic heterocycles. The zero-order valence-corrected chi connectivity index (χ0v) is 16.5. The van der Waals surface area contributed by atoms with Crippen LogP contribution in [0.15, 0.2) is 35.2 Å². The number of hydrogen-bond acceptors (Lipinski definition) is 7. The number of sulfonamides is 1. The number of rotatable bonds is 5. The van der Waals surface area contributed by atoms with Crippen molar-refractivity contribution in [3.05, 3.63) is 52.7 Å². The lowest BCUT2D eigenvalue weighted by molar-refractivity contribution is -0.123. The summed E-state index contributed by atoms with van der Waals surface area (Å²) in [7, 11) is -3.97. The summed E-state index contributed by atoms with van der Waals surface area (Å²) in [6.45, 7) is 3.61. The standard InChI is InChI=1S/C19H18N4O5S/c1-11-4-3-5-15(6-11)29(27,28)22-18(24)14-9-23(10-14)17-13(8-20)7-16(19(25)26)12(2)21-17/h3-7,14H,9-10H2,1-2H3,(H,22,24)(H,25,26). The van der Waals surface area contributed by atoms with Crippen LogP contribution in [0.2, 0.25) is 0 Å². The quantitative estimate of drug-likeness (QED) is 0.744. The van der Waals surface area contributed by atoms with E-state index >= 15 is 0 Å². The van der Waals surface area contributed by atoms with Crippen LogP contribution in [0.4, 0.5) is 5.82 Å². The van der Waals surface area contributed by atoms with Crippen molar-refractivity contribution in [2.24, 2.45) is 5.92 Å². The number of benzene rings is 1. The number of nitriles is 1. The summed E-state index contributed by atoms with van der Waals surface area (Å²) in [6.07, 6.45) is 0. The number of carboxylic acids is 1. The number of aromatic carboxylic acids is 1. The third-order valence-electron chi connectivity index (χ3n) is 4.63. The van der Waals surface area contributed by atoms with Crippen molar-refractivity contribution in [1.29, 1.82) is 5.26 Å². The molecular weight excluding hydrogens is 396 g/mol. The molecule has 10 heteroatoms. The van der Waals surface area contributed by atoms with E-state index in [0.717, 1.165) is 5.56 Å². The zero-order valence-electron chi connectivity index (χ0n) is 15.7. The molecule has 29 heavy (non-hydrogen) atoms. The summed E-state index contributed by atoms with van der Waals surface area (Å²) in [4.78, 5) is 29.4. The summed E-state index contributed by atoms with van der Waals surface area (Å²) in [5, 5.41) is 18.4. The topological polar surface area (TPSA) is 140 Å². The number of carbonyl (C=O) groups excluding carboxylic acids is 1. The number of hydrogen-bond donors (Lipinski definition) is 2. The Morgan fingerprint density at radius 1 is 1.28 bits per heavy atom. The molecule has 1 saturated heterocycles. The van der Waals surface area contributed by atoms with Gasteiger partial charge in [0.1, 0.15) is 11.9 Å². The first-order chi connectivity index (χ1) is 13.6. The first-order valence-corrected chi connectivity index (χ1v) is 10.1. The van der Waals surface area contributed by atoms with E-state index in [1.807, 2.05) is 6.07 Å². The fourth-order valence-electron chi connectivity index (χ4n) is 3.01. The van der Waals surface area contributed by atoms with Gasteiger partial charge in [-0.2, -0.15) is 5.26 Å². The van der Waals surface area contributed by atoms with Crippen molar-refractivity contribution in [1.82, 2.24) is 9.71 Å². The Morgan fingerprint density at radius 2 is 1.97 bits per heavy atom. The maximum atomic E-state index is 12.4. The van der Waals surface area contributed by atoms with Crippen molar-refractivity contribution in [2.75, 3.05) is 18.0 Å². The van der Waals surface area contributed by atoms with Crippen LogP contribution in [0.3, 0.4) is 0 Å². The first kappa shape index (κ1) is 20.3. The highest BCUT2D eigenvalue weighted by atomic mass is 32.2. The Balaban J connectivity index is 1.71. The minimum Gasteiger partial charge on any atom is -0.478 e. The fraction of sp³-hybridized carbons (Fsp3) is 0.263. The van der Waals surface area contributed by atoms with Gasteiger partial charge >= 0.3 is 5.97 Å². The average Bonchev–Trinajstić information content (AvgIpc) is 2.60. The highest BCUT2D eigenvalue weighted by Crippen LogP contribution is 2.28. The number of carbonyl (C=O) groups is 2. The van der Waals surface area contributed by atoms with Crippen molar-refractivity contribution >= 4 is 27.7 Å². The number of aromatic nitrogens is 1. The van der Waals surface area contributed by atoms with Crippen LogP contribution < -0.4 is 9.62 Å². The Morgan fingerprint density at radius 3 is 2.55 bits per heavy atom. The normalized spacial score (nSPS) is 14.0. The van der Waals surface area contributed by atoms with Gasteiger partial charge in [0, 0.05) is 13.1 Å². The van der Waals surface area contributed by atoms with Crippen LogP contribution in [0, 0.1) is 31.1 Å². The molecule has 0 atom stereocenters. The van der Waals surface area contributed by atoms with Crippen molar-refractivity contribution < 1.29 is 23.1 Å². The smallest absolute Gasteiger partial charge is 0.337 e. The third-order valence-corrected chi connectivity index (χ3v) is 5.97. The molecule has 1 aromatic carbocycles. The number of anilines is 1. The van der Waals surface area contributed by atoms with Gasteiger partial charge in [-0.05, 0) is 37.6 Å². The monoisotopic (exact) mass is 414 g/mol. The van der Waals surface area contributed by atoms with E-state index in [0.29, 0.717) is 0 Å². The van der Waals surface area contributed by atoms with E-state index in [4.69, 9.17) is 5.11 Å². The van der Waals surface area contributed by atoms with Gasteiger partial charge in [0.25, 0.3) is 10.0 Å². The second-order valence-corrected chi connectivity index (χ2v) is 8.48. The molecule has 2 aromatic rings. The second-order valence-electron chi connectivity index (χ2n) is 6.80. The van der Waals surface area contributed by atoms with Gasteiger partial charge in [-0.15, -0.1) is 0 Å². The number of nitrogens with zero attached hydrogens (tertiary/aromatic N) is 3. The highest BCUT2D eigenvalue weighted by molar-refractivity contribution is 7.90. The zero-order chi connectivity index (χ0) is 21.3. The van der Waals surface area contributed by atoms with E-state index in [1.165, 1.54) is 25.1 Å². The number of aryl methyl sites for hydroxylation is 2. The van der Waals surface area contributed by atoms with Gasteiger partial charge in [0.05, 0.1) is 27.6 Å². The minimum absolute atomic E-state index is 0.00958. The van der Waals surface area contributed by atoms with Gasteiger partial charge in [0.15, 0.2) is 0 Å². The Labute approximate surface area is 167 Å². The lowest BCUT2D eigenvalue weighted by Crippen LogP contribution is -2.55. The van der Waals surface area contributed by atoms with Crippen molar-refractivity contribution in [2.45, 2.75) is 18.7 Å². The lowest BCUT2D eigenvalue weighted by atomic mass is 9.98. The fourth-order valence-corrected chi connectivity index (χ4v) is 4.16. The first-order valence-electron chi connectivity index (χ1n) is 8.65. The molecule has 0 radical (unpaired) electrons. The summed E-state index contributed by atoms with van der Waals surface area (Å²) in [5.41, 5.74) is 1.02. The predicted octanol–water partition coefficient (Wildman–Crippen LogP) is 1.21. The van der Waals surface area contributed by atoms with E-state index < -0.39 is 27.8 Å². The Bertz CT molecular complexity index is 1150. The Hall–Kier alpha value is -3.45. The summed E-state index contributed by atoms with van der Waals surface area (Å²) >= 11 is 0. The summed E-state index contributed by atoms with van der Waals surface area (Å²) in [6, 6.07) is 9.38. The van der Waals surface area contributed by atoms with Crippen molar-refractivity contribution in [3.63, 3.8) is 0 Å². The molecule has 0 bridgehead atoms. The maximum absolute atomic E-state index is 12.4. The molecule has 2 N–H and O–H groups in total. The molecule has 9 nitrogen and oxygen atoms in total. The maximum Gasteiger partial charge on any atom is 0.337 e. The van der Waals surface area contributed by atoms with Crippen LogP contribution >= 0.6 is 0 Å². The molecule has 0 aliphatic carbocycles. The molecule has 3 rings (SSSR count). The molecule has 0 unspecified atom stereocenters. The SMILES string of the molecule is Cc1cccc(S(=O)(=O)NC(=O)C2CN(c3nc(C)c(C(=O)O)cc3C#N)C2)c1. The van der Waals surface area contributed by atoms with Gasteiger partial charge in [-0.3, -0.25) is 4.79 Å². The lowest BCUT2D eigenvalue weighted by Gasteiger charge is -2.39. The molecular formula is C19H18N4O5S. The third kappa shape index (κ3) is 4.05. The van der Waals surface area contributed by atoms with E-state index in [-0.39, 0.29) is 40.6 Å². The van der Waals surface area contributed by atoms with Gasteiger partial charge in [-0.1, -0.05) is 12.1 Å². The van der Waals surface area contributed by atoms with E-state index in [9.17, 15) is 23.3 Å². The molecule has 0 spiro atoms. The van der Waals surface area contributed by atoms with Crippen molar-refractivity contribution in [3.8, 4) is 6.07 Å². The number of nitrogens with one attached hydrogen (secondary N) is 1. The van der Waals surface area contributed by atoms with Crippen LogP contribution in [-0.4, -0.2) is 43.5 Å².